The molecule has 1 unspecified atom stereocenters. The van der Waals surface area contributed by atoms with Crippen molar-refractivity contribution in [1.82, 2.24) is 4.98 Å². The van der Waals surface area contributed by atoms with Crippen LogP contribution in [0.15, 0.2) is 53.2 Å². The van der Waals surface area contributed by atoms with E-state index >= 15 is 0 Å². The number of hydrogen-bond donors (Lipinski definition) is 1. The van der Waals surface area contributed by atoms with Gasteiger partial charge in [-0.25, -0.2) is 9.78 Å². The number of anilines is 2. The van der Waals surface area contributed by atoms with Gasteiger partial charge < -0.3 is 14.8 Å². The fourth-order valence-electron chi connectivity index (χ4n) is 4.23. The number of aryl methyl sites for hydroxylation is 1. The van der Waals surface area contributed by atoms with Crippen LogP contribution >= 0.6 is 34.3 Å². The molecule has 0 fully saturated rings. The summed E-state index contributed by atoms with van der Waals surface area (Å²) in [6.45, 7) is 5.19. The number of esters is 1. The van der Waals surface area contributed by atoms with Crippen LogP contribution in [0.5, 0.6) is 5.75 Å². The van der Waals surface area contributed by atoms with Crippen LogP contribution in [0.1, 0.15) is 29.2 Å². The second-order valence-corrected chi connectivity index (χ2v) is 11.1. The Morgan fingerprint density at radius 1 is 1.13 bits per heavy atom. The number of thiazole rings is 1. The monoisotopic (exact) mass is 581 g/mol. The van der Waals surface area contributed by atoms with Gasteiger partial charge in [-0.1, -0.05) is 23.7 Å². The quantitative estimate of drug-likeness (QED) is 0.253. The first-order valence-corrected chi connectivity index (χ1v) is 14.3. The van der Waals surface area contributed by atoms with Gasteiger partial charge in [-0.05, 0) is 56.7 Å². The van der Waals surface area contributed by atoms with E-state index < -0.39 is 18.0 Å². The van der Waals surface area contributed by atoms with E-state index in [1.165, 1.54) is 27.6 Å². The number of carbonyl (C=O) groups excluding carboxylic acids is 3. The zero-order valence-electron chi connectivity index (χ0n) is 21.3. The Kier molecular flexibility index (Phi) is 7.69. The molecule has 2 aromatic heterocycles. The Hall–Kier alpha value is -3.73. The maximum atomic E-state index is 13.3. The predicted molar refractivity (Wildman–Crippen MR) is 154 cm³/mol. The van der Waals surface area contributed by atoms with Crippen LogP contribution in [0.4, 0.5) is 10.7 Å². The summed E-state index contributed by atoms with van der Waals surface area (Å²) in [7, 11) is 0. The van der Waals surface area contributed by atoms with Gasteiger partial charge in [-0.15, -0.1) is 22.7 Å². The van der Waals surface area contributed by atoms with E-state index in [4.69, 9.17) is 21.1 Å². The van der Waals surface area contributed by atoms with E-state index in [-0.39, 0.29) is 24.6 Å². The second-order valence-electron chi connectivity index (χ2n) is 8.75. The molecule has 1 N–H and O–H groups in total. The van der Waals surface area contributed by atoms with Crippen molar-refractivity contribution in [2.24, 2.45) is 0 Å². The van der Waals surface area contributed by atoms with Crippen molar-refractivity contribution < 1.29 is 23.9 Å². The lowest BCUT2D eigenvalue weighted by molar-refractivity contribution is -0.127. The van der Waals surface area contributed by atoms with Crippen LogP contribution in [0.2, 0.25) is 5.02 Å². The highest BCUT2D eigenvalue weighted by molar-refractivity contribution is 7.15. The van der Waals surface area contributed by atoms with Crippen molar-refractivity contribution in [1.29, 1.82) is 0 Å². The summed E-state index contributed by atoms with van der Waals surface area (Å²) in [5.41, 5.74) is 3.70. The summed E-state index contributed by atoms with van der Waals surface area (Å²) in [6.07, 6.45) is -0.758. The fraction of sp³-hybridized carbons (Fsp3) is 0.214. The van der Waals surface area contributed by atoms with E-state index in [0.717, 1.165) is 21.8 Å². The van der Waals surface area contributed by atoms with Gasteiger partial charge in [-0.3, -0.25) is 14.5 Å². The first-order valence-electron chi connectivity index (χ1n) is 12.1. The van der Waals surface area contributed by atoms with Crippen LogP contribution in [0.25, 0.3) is 22.4 Å². The third kappa shape index (κ3) is 5.54. The zero-order chi connectivity index (χ0) is 27.7. The summed E-state index contributed by atoms with van der Waals surface area (Å²) < 4.78 is 11.1. The van der Waals surface area contributed by atoms with E-state index in [2.05, 4.69) is 10.3 Å². The summed E-state index contributed by atoms with van der Waals surface area (Å²) >= 11 is 8.77. The molecule has 0 radical (unpaired) electrons. The molecule has 2 amide bonds. The number of fused-ring (bicyclic) bond motifs is 1. The third-order valence-electron chi connectivity index (χ3n) is 6.06. The molecule has 11 heteroatoms. The van der Waals surface area contributed by atoms with Gasteiger partial charge in [0.05, 0.1) is 23.0 Å². The second kappa shape index (κ2) is 11.2. The molecule has 0 saturated heterocycles. The highest BCUT2D eigenvalue weighted by atomic mass is 35.5. The molecule has 0 spiro atoms. The largest absolute Gasteiger partial charge is 0.479 e. The molecule has 4 aromatic rings. The first kappa shape index (κ1) is 26.9. The summed E-state index contributed by atoms with van der Waals surface area (Å²) in [5, 5.41) is 8.37. The number of thiophene rings is 1. The van der Waals surface area contributed by atoms with Crippen LogP contribution < -0.4 is 15.0 Å². The minimum absolute atomic E-state index is 0.180. The Bertz CT molecular complexity index is 1560. The minimum atomic E-state index is -0.758. The van der Waals surface area contributed by atoms with Crippen LogP contribution in [0, 0.1) is 6.92 Å². The van der Waals surface area contributed by atoms with Gasteiger partial charge in [0.15, 0.2) is 6.10 Å². The molecule has 0 saturated carbocycles. The summed E-state index contributed by atoms with van der Waals surface area (Å²) in [6, 6.07) is 12.5. The normalized spacial score (nSPS) is 14.5. The van der Waals surface area contributed by atoms with E-state index in [0.29, 0.717) is 27.0 Å². The average Bonchev–Trinajstić information content (AvgIpc) is 3.53. The van der Waals surface area contributed by atoms with Crippen molar-refractivity contribution in [3.8, 4) is 28.1 Å². The SMILES string of the molecule is CCOC(=O)c1c(-c2ccc(Cl)cc2)csc1NC(=O)CN1C(=O)C(C)Oc2ccc(-c3csc(C)n3)cc21. The molecule has 2 aromatic carbocycles. The van der Waals surface area contributed by atoms with Crippen LogP contribution in [-0.4, -0.2) is 42.0 Å². The molecule has 200 valence electrons. The Balaban J connectivity index is 1.44. The van der Waals surface area contributed by atoms with E-state index in [1.807, 2.05) is 18.4 Å². The molecule has 5 rings (SSSR count). The highest BCUT2D eigenvalue weighted by Gasteiger charge is 2.34. The van der Waals surface area contributed by atoms with Gasteiger partial charge in [0, 0.05) is 26.9 Å². The highest BCUT2D eigenvalue weighted by Crippen LogP contribution is 2.39. The smallest absolute Gasteiger partial charge is 0.341 e. The van der Waals surface area contributed by atoms with Crippen molar-refractivity contribution in [2.75, 3.05) is 23.4 Å². The number of nitrogens with zero attached hydrogens (tertiary/aromatic N) is 2. The maximum Gasteiger partial charge on any atom is 0.341 e. The topological polar surface area (TPSA) is 97.8 Å². The first-order chi connectivity index (χ1) is 18.7. The van der Waals surface area contributed by atoms with Gasteiger partial charge in [-0.2, -0.15) is 0 Å². The molecule has 1 aliphatic heterocycles. The summed E-state index contributed by atoms with van der Waals surface area (Å²) in [4.78, 5) is 45.3. The predicted octanol–water partition coefficient (Wildman–Crippen LogP) is 6.43. The van der Waals surface area contributed by atoms with Crippen LogP contribution in [-0.2, 0) is 14.3 Å². The number of carbonyl (C=O) groups is 3. The number of ether oxygens (including phenoxy) is 2. The molecule has 1 atom stereocenters. The van der Waals surface area contributed by atoms with Crippen molar-refractivity contribution in [2.45, 2.75) is 26.9 Å². The molecule has 8 nitrogen and oxygen atoms in total. The zero-order valence-corrected chi connectivity index (χ0v) is 23.7. The number of aromatic nitrogens is 1. The number of benzene rings is 2. The lowest BCUT2D eigenvalue weighted by atomic mass is 10.0. The Morgan fingerprint density at radius 3 is 2.56 bits per heavy atom. The average molecular weight is 582 g/mol. The van der Waals surface area contributed by atoms with Gasteiger partial charge in [0.2, 0.25) is 5.91 Å². The minimum Gasteiger partial charge on any atom is -0.479 e. The lowest BCUT2D eigenvalue weighted by Gasteiger charge is -2.32. The molecule has 0 bridgehead atoms. The number of halogens is 1. The molecular weight excluding hydrogens is 558 g/mol. The molecule has 1 aliphatic rings. The fourth-order valence-corrected chi connectivity index (χ4v) is 5.95. The van der Waals surface area contributed by atoms with E-state index in [1.54, 1.807) is 55.6 Å². The van der Waals surface area contributed by atoms with Crippen molar-refractivity contribution >= 4 is 62.7 Å². The van der Waals surface area contributed by atoms with Gasteiger partial charge in [0.25, 0.3) is 5.91 Å². The van der Waals surface area contributed by atoms with Gasteiger partial charge in [0.1, 0.15) is 22.9 Å². The number of rotatable bonds is 7. The molecule has 3 heterocycles. The molecule has 0 aliphatic carbocycles. The molecule has 39 heavy (non-hydrogen) atoms. The number of hydrogen-bond acceptors (Lipinski definition) is 8. The maximum absolute atomic E-state index is 13.3. The Labute approximate surface area is 238 Å². The third-order valence-corrected chi connectivity index (χ3v) is 7.98. The number of nitrogens with one attached hydrogen (secondary N) is 1. The lowest BCUT2D eigenvalue weighted by Crippen LogP contribution is -2.47. The van der Waals surface area contributed by atoms with Crippen molar-refractivity contribution in [3.05, 3.63) is 68.8 Å². The van der Waals surface area contributed by atoms with Gasteiger partial charge >= 0.3 is 5.97 Å². The van der Waals surface area contributed by atoms with Crippen molar-refractivity contribution in [3.63, 3.8) is 0 Å². The Morgan fingerprint density at radius 2 is 1.87 bits per heavy atom. The summed E-state index contributed by atoms with van der Waals surface area (Å²) in [5.74, 6) is -0.862. The van der Waals surface area contributed by atoms with E-state index in [9.17, 15) is 14.4 Å². The van der Waals surface area contributed by atoms with Crippen LogP contribution in [0.3, 0.4) is 0 Å². The molecular formula is C28H24ClN3O5S2. The standard InChI is InChI=1S/C28H24ClN3O5S2/c1-4-36-28(35)25-20(17-5-8-19(29)9-6-17)13-39-26(25)31-24(33)12-32-22-11-18(21-14-38-16(3)30-21)7-10-23(22)37-15(2)27(32)34/h5-11,13-15H,4,12H2,1-3H3,(H,31,33). The number of amides is 2.